The molecule has 6 heteroatoms. The lowest BCUT2D eigenvalue weighted by atomic mass is 10.0. The van der Waals surface area contributed by atoms with Crippen LogP contribution in [-0.4, -0.2) is 10.3 Å². The maximum absolute atomic E-state index is 13.6. The second-order valence-electron chi connectivity index (χ2n) is 8.44. The molecule has 0 N–H and O–H groups in total. The average Bonchev–Trinajstić information content (AvgIpc) is 3.22. The molecule has 1 heterocycles. The summed E-state index contributed by atoms with van der Waals surface area (Å²) in [5, 5.41) is 11.1. The largest absolute Gasteiger partial charge is 0.416 e. The minimum atomic E-state index is -4.48. The number of hydrogen-bond acceptors (Lipinski definition) is 2. The SMILES string of the molecule is C=C(N=C(C)c1cc(C#N)ccc1-n1c2ccccc2c2ccc(C(F)(F)F)cc21)c1ccccc1. The summed E-state index contributed by atoms with van der Waals surface area (Å²) in [5.41, 5.74) is 4.12. The third-order valence-corrected chi connectivity index (χ3v) is 6.17. The van der Waals surface area contributed by atoms with Gasteiger partial charge in [-0.15, -0.1) is 0 Å². The highest BCUT2D eigenvalue weighted by molar-refractivity contribution is 6.11. The van der Waals surface area contributed by atoms with Gasteiger partial charge in [-0.3, -0.25) is 4.99 Å². The van der Waals surface area contributed by atoms with Crippen molar-refractivity contribution in [1.82, 2.24) is 4.57 Å². The molecule has 176 valence electrons. The Balaban J connectivity index is 1.80. The predicted octanol–water partition coefficient (Wildman–Crippen LogP) is 8.15. The molecule has 3 nitrogen and oxygen atoms in total. The smallest absolute Gasteiger partial charge is 0.309 e. The normalized spacial score (nSPS) is 12.1. The summed E-state index contributed by atoms with van der Waals surface area (Å²) in [6.45, 7) is 5.89. The Morgan fingerprint density at radius 1 is 0.861 bits per heavy atom. The summed E-state index contributed by atoms with van der Waals surface area (Å²) < 4.78 is 42.7. The van der Waals surface area contributed by atoms with E-state index in [1.54, 1.807) is 22.8 Å². The predicted molar refractivity (Wildman–Crippen MR) is 138 cm³/mol. The molecule has 5 rings (SSSR count). The van der Waals surface area contributed by atoms with Crippen LogP contribution in [0.1, 0.15) is 29.2 Å². The topological polar surface area (TPSA) is 41.1 Å². The maximum atomic E-state index is 13.6. The standard InChI is InChI=1S/C30H20F3N3/c1-19(22-8-4-3-5-9-22)35-20(2)26-16-21(18-34)12-15-28(26)36-27-11-7-6-10-24(27)25-14-13-23(17-29(25)36)30(31,32)33/h3-17H,1H2,2H3. The van der Waals surface area contributed by atoms with E-state index in [1.807, 2.05) is 61.5 Å². The second kappa shape index (κ2) is 8.86. The molecule has 0 radical (unpaired) electrons. The van der Waals surface area contributed by atoms with E-state index in [4.69, 9.17) is 4.99 Å². The highest BCUT2D eigenvalue weighted by Gasteiger charge is 2.31. The van der Waals surface area contributed by atoms with E-state index >= 15 is 0 Å². The van der Waals surface area contributed by atoms with E-state index in [1.165, 1.54) is 12.1 Å². The van der Waals surface area contributed by atoms with Gasteiger partial charge in [0.1, 0.15) is 0 Å². The first-order valence-electron chi connectivity index (χ1n) is 11.2. The van der Waals surface area contributed by atoms with Gasteiger partial charge < -0.3 is 4.57 Å². The zero-order chi connectivity index (χ0) is 25.4. The Morgan fingerprint density at radius 3 is 2.28 bits per heavy atom. The van der Waals surface area contributed by atoms with E-state index in [0.717, 1.165) is 22.5 Å². The van der Waals surface area contributed by atoms with E-state index < -0.39 is 11.7 Å². The number of benzene rings is 4. The summed E-state index contributed by atoms with van der Waals surface area (Å²) in [4.78, 5) is 4.70. The third-order valence-electron chi connectivity index (χ3n) is 6.17. The van der Waals surface area contributed by atoms with Gasteiger partial charge in [0.25, 0.3) is 0 Å². The van der Waals surface area contributed by atoms with Gasteiger partial charge in [-0.2, -0.15) is 18.4 Å². The van der Waals surface area contributed by atoms with Gasteiger partial charge in [0, 0.05) is 22.0 Å². The number of nitrogens with zero attached hydrogens (tertiary/aromatic N) is 3. The van der Waals surface area contributed by atoms with Crippen molar-refractivity contribution in [2.24, 2.45) is 4.99 Å². The van der Waals surface area contributed by atoms with Crippen molar-refractivity contribution < 1.29 is 13.2 Å². The van der Waals surface area contributed by atoms with Crippen LogP contribution in [0.2, 0.25) is 0 Å². The van der Waals surface area contributed by atoms with Gasteiger partial charge in [0.15, 0.2) is 0 Å². The molecule has 0 spiro atoms. The lowest BCUT2D eigenvalue weighted by Gasteiger charge is -2.15. The average molecular weight is 480 g/mol. The molecule has 0 aliphatic heterocycles. The molecule has 5 aromatic rings. The van der Waals surface area contributed by atoms with Crippen molar-refractivity contribution >= 4 is 33.2 Å². The molecule has 36 heavy (non-hydrogen) atoms. The van der Waals surface area contributed by atoms with Crippen LogP contribution in [0.3, 0.4) is 0 Å². The molecule has 0 fully saturated rings. The summed E-state index contributed by atoms with van der Waals surface area (Å²) in [6.07, 6.45) is -4.48. The lowest BCUT2D eigenvalue weighted by Crippen LogP contribution is -2.07. The van der Waals surface area contributed by atoms with Crippen LogP contribution in [0.15, 0.2) is 103 Å². The first-order valence-corrected chi connectivity index (χ1v) is 11.2. The third kappa shape index (κ3) is 4.05. The molecule has 0 aliphatic carbocycles. The molecule has 0 saturated heterocycles. The lowest BCUT2D eigenvalue weighted by molar-refractivity contribution is -0.137. The quantitative estimate of drug-likeness (QED) is 0.240. The molecule has 4 aromatic carbocycles. The Hall–Kier alpha value is -4.63. The summed E-state index contributed by atoms with van der Waals surface area (Å²) in [6, 6.07) is 28.0. The first kappa shape index (κ1) is 23.1. The number of aliphatic imine (C=N–C) groups is 1. The number of fused-ring (bicyclic) bond motifs is 3. The minimum absolute atomic E-state index is 0.422. The Kier molecular flexibility index (Phi) is 5.69. The molecule has 1 aromatic heterocycles. The summed E-state index contributed by atoms with van der Waals surface area (Å²) in [5.74, 6) is 0. The fourth-order valence-electron chi connectivity index (χ4n) is 4.45. The maximum Gasteiger partial charge on any atom is 0.416 e. The zero-order valence-electron chi connectivity index (χ0n) is 19.3. The van der Waals surface area contributed by atoms with Crippen molar-refractivity contribution in [2.45, 2.75) is 13.1 Å². The van der Waals surface area contributed by atoms with Crippen molar-refractivity contribution in [3.63, 3.8) is 0 Å². The minimum Gasteiger partial charge on any atom is -0.309 e. The van der Waals surface area contributed by atoms with Crippen LogP contribution in [0.4, 0.5) is 13.2 Å². The van der Waals surface area contributed by atoms with Crippen molar-refractivity contribution in [3.8, 4) is 11.8 Å². The van der Waals surface area contributed by atoms with Crippen molar-refractivity contribution in [1.29, 1.82) is 5.26 Å². The monoisotopic (exact) mass is 479 g/mol. The van der Waals surface area contributed by atoms with Crippen LogP contribution in [0, 0.1) is 11.3 Å². The number of para-hydroxylation sites is 1. The van der Waals surface area contributed by atoms with Crippen LogP contribution in [-0.2, 0) is 6.18 Å². The van der Waals surface area contributed by atoms with Crippen molar-refractivity contribution in [2.75, 3.05) is 0 Å². The number of alkyl halides is 3. The number of aromatic nitrogens is 1. The van der Waals surface area contributed by atoms with Crippen LogP contribution < -0.4 is 0 Å². The van der Waals surface area contributed by atoms with Gasteiger partial charge in [-0.1, -0.05) is 61.2 Å². The summed E-state index contributed by atoms with van der Waals surface area (Å²) >= 11 is 0. The number of hydrogen-bond donors (Lipinski definition) is 0. The van der Waals surface area contributed by atoms with Crippen LogP contribution in [0.25, 0.3) is 33.2 Å². The highest BCUT2D eigenvalue weighted by Crippen LogP contribution is 2.37. The number of rotatable bonds is 4. The van der Waals surface area contributed by atoms with E-state index in [2.05, 4.69) is 12.6 Å². The molecule has 0 aliphatic rings. The Bertz CT molecular complexity index is 1700. The molecule has 0 unspecified atom stereocenters. The van der Waals surface area contributed by atoms with E-state index in [0.29, 0.717) is 39.1 Å². The molecule has 0 saturated carbocycles. The van der Waals surface area contributed by atoms with Gasteiger partial charge in [-0.25, -0.2) is 0 Å². The molecule has 0 bridgehead atoms. The van der Waals surface area contributed by atoms with Crippen molar-refractivity contribution in [3.05, 3.63) is 120 Å². The van der Waals surface area contributed by atoms with Crippen LogP contribution >= 0.6 is 0 Å². The second-order valence-corrected chi connectivity index (χ2v) is 8.44. The summed E-state index contributed by atoms with van der Waals surface area (Å²) in [7, 11) is 0. The molecular weight excluding hydrogens is 459 g/mol. The Labute approximate surface area is 206 Å². The fraction of sp³-hybridized carbons (Fsp3) is 0.0667. The molecule has 0 atom stereocenters. The van der Waals surface area contributed by atoms with Gasteiger partial charge in [-0.05, 0) is 48.9 Å². The van der Waals surface area contributed by atoms with Gasteiger partial charge in [0.2, 0.25) is 0 Å². The molecular formula is C30H20F3N3. The van der Waals surface area contributed by atoms with E-state index in [-0.39, 0.29) is 0 Å². The highest BCUT2D eigenvalue weighted by atomic mass is 19.4. The Morgan fingerprint density at radius 2 is 1.56 bits per heavy atom. The fourth-order valence-corrected chi connectivity index (χ4v) is 4.45. The van der Waals surface area contributed by atoms with Gasteiger partial charge in [0.05, 0.1) is 39.6 Å². The molecule has 0 amide bonds. The zero-order valence-corrected chi connectivity index (χ0v) is 19.3. The van der Waals surface area contributed by atoms with Crippen LogP contribution in [0.5, 0.6) is 0 Å². The number of halogens is 3. The van der Waals surface area contributed by atoms with E-state index in [9.17, 15) is 18.4 Å². The first-order chi connectivity index (χ1) is 17.3. The van der Waals surface area contributed by atoms with Gasteiger partial charge >= 0.3 is 6.18 Å². The number of nitriles is 1.